The minimum atomic E-state index is 0.389. The summed E-state index contributed by atoms with van der Waals surface area (Å²) in [4.78, 5) is 0. The fourth-order valence-electron chi connectivity index (χ4n) is 1.99. The summed E-state index contributed by atoms with van der Waals surface area (Å²) < 4.78 is 5.53. The Bertz CT molecular complexity index is 381. The molecule has 18 heavy (non-hydrogen) atoms. The standard InChI is InChI=1S/C13H18Cl2N2O/c14-10-3-4-12(15)13(8-10)17-6-5-16-9-11-2-1-7-18-11/h3-4,8,11,16-17H,1-2,5-7,9H2. The second-order valence-electron chi connectivity index (χ2n) is 4.39. The summed E-state index contributed by atoms with van der Waals surface area (Å²) in [5.74, 6) is 0. The lowest BCUT2D eigenvalue weighted by Gasteiger charge is -2.12. The van der Waals surface area contributed by atoms with Crippen molar-refractivity contribution in [3.05, 3.63) is 28.2 Å². The Hall–Kier alpha value is -0.480. The molecule has 0 aliphatic carbocycles. The van der Waals surface area contributed by atoms with Gasteiger partial charge in [0.1, 0.15) is 0 Å². The van der Waals surface area contributed by atoms with Gasteiger partial charge < -0.3 is 15.4 Å². The van der Waals surface area contributed by atoms with Crippen molar-refractivity contribution in [3.8, 4) is 0 Å². The summed E-state index contributed by atoms with van der Waals surface area (Å²) in [5, 5.41) is 8.01. The van der Waals surface area contributed by atoms with Gasteiger partial charge in [0.2, 0.25) is 0 Å². The van der Waals surface area contributed by atoms with Gasteiger partial charge in [-0.15, -0.1) is 0 Å². The molecule has 1 heterocycles. The molecule has 1 aromatic rings. The Morgan fingerprint density at radius 1 is 1.28 bits per heavy atom. The SMILES string of the molecule is Clc1ccc(Cl)c(NCCNCC2CCCO2)c1. The van der Waals surface area contributed by atoms with E-state index in [2.05, 4.69) is 10.6 Å². The van der Waals surface area contributed by atoms with Crippen molar-refractivity contribution in [1.82, 2.24) is 5.32 Å². The summed E-state index contributed by atoms with van der Waals surface area (Å²) in [5.41, 5.74) is 0.878. The first kappa shape index (κ1) is 13.9. The van der Waals surface area contributed by atoms with E-state index in [1.807, 2.05) is 6.07 Å². The summed E-state index contributed by atoms with van der Waals surface area (Å²) in [6.07, 6.45) is 2.74. The Labute approximate surface area is 118 Å². The minimum Gasteiger partial charge on any atom is -0.383 e. The van der Waals surface area contributed by atoms with Gasteiger partial charge in [0.15, 0.2) is 0 Å². The van der Waals surface area contributed by atoms with E-state index in [1.165, 1.54) is 12.8 Å². The molecule has 2 rings (SSSR count). The molecule has 1 unspecified atom stereocenters. The number of hydrogen-bond donors (Lipinski definition) is 2. The van der Waals surface area contributed by atoms with E-state index in [0.717, 1.165) is 31.9 Å². The molecule has 1 fully saturated rings. The predicted octanol–water partition coefficient (Wildman–Crippen LogP) is 3.17. The highest BCUT2D eigenvalue weighted by molar-refractivity contribution is 6.35. The van der Waals surface area contributed by atoms with E-state index >= 15 is 0 Å². The number of halogens is 2. The second-order valence-corrected chi connectivity index (χ2v) is 5.23. The maximum absolute atomic E-state index is 6.05. The van der Waals surface area contributed by atoms with Crippen LogP contribution < -0.4 is 10.6 Å². The molecule has 100 valence electrons. The number of ether oxygens (including phenoxy) is 1. The Kier molecular flexibility index (Phi) is 5.57. The third kappa shape index (κ3) is 4.32. The van der Waals surface area contributed by atoms with Crippen LogP contribution in [0.15, 0.2) is 18.2 Å². The maximum Gasteiger partial charge on any atom is 0.0700 e. The van der Waals surface area contributed by atoms with Gasteiger partial charge in [-0.1, -0.05) is 23.2 Å². The molecule has 5 heteroatoms. The fraction of sp³-hybridized carbons (Fsp3) is 0.538. The number of rotatable bonds is 6. The molecule has 1 saturated heterocycles. The van der Waals surface area contributed by atoms with Crippen LogP contribution in [-0.2, 0) is 4.74 Å². The van der Waals surface area contributed by atoms with Gasteiger partial charge in [-0.05, 0) is 31.0 Å². The van der Waals surface area contributed by atoms with Crippen molar-refractivity contribution in [2.24, 2.45) is 0 Å². The third-order valence-electron chi connectivity index (χ3n) is 2.94. The van der Waals surface area contributed by atoms with Crippen molar-refractivity contribution in [3.63, 3.8) is 0 Å². The molecule has 1 atom stereocenters. The number of anilines is 1. The highest BCUT2D eigenvalue weighted by atomic mass is 35.5. The highest BCUT2D eigenvalue weighted by Gasteiger charge is 2.14. The van der Waals surface area contributed by atoms with Crippen LogP contribution in [0.1, 0.15) is 12.8 Å². The zero-order valence-electron chi connectivity index (χ0n) is 10.2. The molecular formula is C13H18Cl2N2O. The zero-order valence-corrected chi connectivity index (χ0v) is 11.7. The molecule has 0 spiro atoms. The van der Waals surface area contributed by atoms with Crippen molar-refractivity contribution in [1.29, 1.82) is 0 Å². The molecule has 0 radical (unpaired) electrons. The van der Waals surface area contributed by atoms with Crippen LogP contribution in [-0.4, -0.2) is 32.3 Å². The zero-order chi connectivity index (χ0) is 12.8. The first-order valence-corrected chi connectivity index (χ1v) is 7.02. The molecular weight excluding hydrogens is 271 g/mol. The van der Waals surface area contributed by atoms with Crippen LogP contribution >= 0.6 is 23.2 Å². The molecule has 1 aliphatic rings. The van der Waals surface area contributed by atoms with Crippen LogP contribution in [0.3, 0.4) is 0 Å². The van der Waals surface area contributed by atoms with E-state index in [1.54, 1.807) is 12.1 Å². The predicted molar refractivity (Wildman–Crippen MR) is 76.8 cm³/mol. The number of hydrogen-bond acceptors (Lipinski definition) is 3. The largest absolute Gasteiger partial charge is 0.383 e. The van der Waals surface area contributed by atoms with Gasteiger partial charge in [-0.25, -0.2) is 0 Å². The van der Waals surface area contributed by atoms with Gasteiger partial charge in [-0.2, -0.15) is 0 Å². The maximum atomic E-state index is 6.05. The average Bonchev–Trinajstić information content (AvgIpc) is 2.86. The van der Waals surface area contributed by atoms with Crippen LogP contribution in [0.25, 0.3) is 0 Å². The molecule has 0 aromatic heterocycles. The highest BCUT2D eigenvalue weighted by Crippen LogP contribution is 2.24. The fourth-order valence-corrected chi connectivity index (χ4v) is 2.34. The van der Waals surface area contributed by atoms with E-state index in [-0.39, 0.29) is 0 Å². The Morgan fingerprint density at radius 3 is 2.94 bits per heavy atom. The topological polar surface area (TPSA) is 33.3 Å². The molecule has 0 saturated carbocycles. The lowest BCUT2D eigenvalue weighted by atomic mass is 10.2. The average molecular weight is 289 g/mol. The van der Waals surface area contributed by atoms with Gasteiger partial charge in [0, 0.05) is 31.3 Å². The van der Waals surface area contributed by atoms with Crippen molar-refractivity contribution < 1.29 is 4.74 Å². The normalized spacial score (nSPS) is 19.1. The number of benzene rings is 1. The van der Waals surface area contributed by atoms with E-state index in [0.29, 0.717) is 16.1 Å². The minimum absolute atomic E-state index is 0.389. The molecule has 1 aliphatic heterocycles. The van der Waals surface area contributed by atoms with E-state index in [4.69, 9.17) is 27.9 Å². The molecule has 0 amide bonds. The smallest absolute Gasteiger partial charge is 0.0700 e. The van der Waals surface area contributed by atoms with Gasteiger partial charge in [0.25, 0.3) is 0 Å². The Balaban J connectivity index is 1.64. The van der Waals surface area contributed by atoms with Crippen LogP contribution in [0, 0.1) is 0 Å². The monoisotopic (exact) mass is 288 g/mol. The second kappa shape index (κ2) is 7.19. The van der Waals surface area contributed by atoms with Gasteiger partial charge >= 0.3 is 0 Å². The van der Waals surface area contributed by atoms with Crippen LogP contribution in [0.2, 0.25) is 10.0 Å². The number of nitrogens with one attached hydrogen (secondary N) is 2. The summed E-state index contributed by atoms with van der Waals surface area (Å²) in [6, 6.07) is 5.42. The summed E-state index contributed by atoms with van der Waals surface area (Å²) in [7, 11) is 0. The molecule has 2 N–H and O–H groups in total. The van der Waals surface area contributed by atoms with Gasteiger partial charge in [0.05, 0.1) is 16.8 Å². The van der Waals surface area contributed by atoms with Crippen molar-refractivity contribution >= 4 is 28.9 Å². The van der Waals surface area contributed by atoms with Crippen molar-refractivity contribution in [2.45, 2.75) is 18.9 Å². The summed E-state index contributed by atoms with van der Waals surface area (Å²) >= 11 is 12.0. The lowest BCUT2D eigenvalue weighted by Crippen LogP contribution is -2.30. The molecule has 1 aromatic carbocycles. The lowest BCUT2D eigenvalue weighted by molar-refractivity contribution is 0.110. The van der Waals surface area contributed by atoms with E-state index in [9.17, 15) is 0 Å². The van der Waals surface area contributed by atoms with Crippen LogP contribution in [0.4, 0.5) is 5.69 Å². The van der Waals surface area contributed by atoms with Gasteiger partial charge in [-0.3, -0.25) is 0 Å². The first-order valence-electron chi connectivity index (χ1n) is 6.27. The first-order chi connectivity index (χ1) is 8.75. The van der Waals surface area contributed by atoms with Crippen molar-refractivity contribution in [2.75, 3.05) is 31.6 Å². The van der Waals surface area contributed by atoms with Crippen LogP contribution in [0.5, 0.6) is 0 Å². The Morgan fingerprint density at radius 2 is 2.17 bits per heavy atom. The van der Waals surface area contributed by atoms with E-state index < -0.39 is 0 Å². The quantitative estimate of drug-likeness (QED) is 0.789. The molecule has 0 bridgehead atoms. The third-order valence-corrected chi connectivity index (χ3v) is 3.51. The summed E-state index contributed by atoms with van der Waals surface area (Å²) in [6.45, 7) is 3.52. The molecule has 3 nitrogen and oxygen atoms in total.